The van der Waals surface area contributed by atoms with Crippen molar-refractivity contribution in [3.8, 4) is 5.75 Å². The van der Waals surface area contributed by atoms with Gasteiger partial charge in [0.05, 0.1) is 0 Å². The Hall–Kier alpha value is -2.82. The zero-order chi connectivity index (χ0) is 16.9. The van der Waals surface area contributed by atoms with Gasteiger partial charge in [0.1, 0.15) is 5.75 Å². The fraction of sp³-hybridized carbons (Fsp3) is 0.263. The SMILES string of the molecule is CCc1cccc(NC(=O)COc2ccc3c(c2)CCC(=O)N3)c1. The molecule has 124 valence electrons. The molecular formula is C19H20N2O3. The molecule has 0 atom stereocenters. The molecule has 3 rings (SSSR count). The van der Waals surface area contributed by atoms with Gasteiger partial charge in [-0.15, -0.1) is 0 Å². The standard InChI is InChI=1S/C19H20N2O3/c1-2-13-4-3-5-15(10-13)20-19(23)12-24-16-7-8-17-14(11-16)6-9-18(22)21-17/h3-5,7-8,10-11H,2,6,9,12H2,1H3,(H,20,23)(H,21,22). The monoisotopic (exact) mass is 324 g/mol. The molecule has 0 unspecified atom stereocenters. The third kappa shape index (κ3) is 3.93. The lowest BCUT2D eigenvalue weighted by Crippen LogP contribution is -2.21. The van der Waals surface area contributed by atoms with E-state index in [1.165, 1.54) is 5.56 Å². The minimum atomic E-state index is -0.200. The van der Waals surface area contributed by atoms with Crippen LogP contribution in [0, 0.1) is 0 Å². The first-order valence-electron chi connectivity index (χ1n) is 8.08. The second kappa shape index (κ2) is 7.17. The van der Waals surface area contributed by atoms with E-state index in [0.717, 1.165) is 23.4 Å². The number of rotatable bonds is 5. The number of benzene rings is 2. The quantitative estimate of drug-likeness (QED) is 0.888. The van der Waals surface area contributed by atoms with Gasteiger partial charge in [-0.1, -0.05) is 19.1 Å². The molecular weight excluding hydrogens is 304 g/mol. The average molecular weight is 324 g/mol. The molecule has 2 N–H and O–H groups in total. The number of hydrogen-bond acceptors (Lipinski definition) is 3. The van der Waals surface area contributed by atoms with Crippen LogP contribution in [0.15, 0.2) is 42.5 Å². The van der Waals surface area contributed by atoms with Crippen LogP contribution >= 0.6 is 0 Å². The molecule has 2 aromatic rings. The maximum absolute atomic E-state index is 12.0. The smallest absolute Gasteiger partial charge is 0.262 e. The molecule has 1 aliphatic rings. The number of nitrogens with one attached hydrogen (secondary N) is 2. The second-order valence-electron chi connectivity index (χ2n) is 5.76. The normalized spacial score (nSPS) is 13.0. The van der Waals surface area contributed by atoms with Crippen LogP contribution in [0.5, 0.6) is 5.75 Å². The van der Waals surface area contributed by atoms with E-state index in [1.807, 2.05) is 36.4 Å². The topological polar surface area (TPSA) is 67.4 Å². The molecule has 0 aliphatic carbocycles. The van der Waals surface area contributed by atoms with Crippen LogP contribution in [0.1, 0.15) is 24.5 Å². The van der Waals surface area contributed by atoms with E-state index in [9.17, 15) is 9.59 Å². The largest absolute Gasteiger partial charge is 0.484 e. The third-order valence-corrected chi connectivity index (χ3v) is 3.96. The van der Waals surface area contributed by atoms with Crippen LogP contribution < -0.4 is 15.4 Å². The van der Waals surface area contributed by atoms with E-state index >= 15 is 0 Å². The average Bonchev–Trinajstić information content (AvgIpc) is 2.60. The number of carbonyl (C=O) groups excluding carboxylic acids is 2. The third-order valence-electron chi connectivity index (χ3n) is 3.96. The van der Waals surface area contributed by atoms with Crippen LogP contribution in [0.3, 0.4) is 0 Å². The van der Waals surface area contributed by atoms with Gasteiger partial charge in [-0.2, -0.15) is 0 Å². The van der Waals surface area contributed by atoms with Crippen molar-refractivity contribution in [2.24, 2.45) is 0 Å². The zero-order valence-electron chi connectivity index (χ0n) is 13.6. The van der Waals surface area contributed by atoms with Crippen molar-refractivity contribution >= 4 is 23.2 Å². The Kier molecular flexibility index (Phi) is 4.79. The Balaban J connectivity index is 1.57. The number of anilines is 2. The number of ether oxygens (including phenoxy) is 1. The number of hydrogen-bond donors (Lipinski definition) is 2. The van der Waals surface area contributed by atoms with Crippen molar-refractivity contribution in [2.75, 3.05) is 17.2 Å². The summed E-state index contributed by atoms with van der Waals surface area (Å²) in [5.41, 5.74) is 3.80. The van der Waals surface area contributed by atoms with Crippen molar-refractivity contribution < 1.29 is 14.3 Å². The van der Waals surface area contributed by atoms with Crippen LogP contribution in [-0.4, -0.2) is 18.4 Å². The number of carbonyl (C=O) groups is 2. The van der Waals surface area contributed by atoms with Gasteiger partial charge in [-0.25, -0.2) is 0 Å². The lowest BCUT2D eigenvalue weighted by molar-refractivity contribution is -0.118. The Bertz CT molecular complexity index is 771. The summed E-state index contributed by atoms with van der Waals surface area (Å²) < 4.78 is 5.56. The molecule has 0 radical (unpaired) electrons. The van der Waals surface area contributed by atoms with Gasteiger partial charge in [-0.3, -0.25) is 9.59 Å². The molecule has 0 aromatic heterocycles. The first kappa shape index (κ1) is 16.1. The number of amides is 2. The highest BCUT2D eigenvalue weighted by molar-refractivity contribution is 5.94. The van der Waals surface area contributed by atoms with Gasteiger partial charge in [-0.05, 0) is 54.3 Å². The molecule has 24 heavy (non-hydrogen) atoms. The first-order chi connectivity index (χ1) is 11.6. The Labute approximate surface area is 141 Å². The maximum Gasteiger partial charge on any atom is 0.262 e. The van der Waals surface area contributed by atoms with Gasteiger partial charge in [0.25, 0.3) is 5.91 Å². The van der Waals surface area contributed by atoms with Crippen LogP contribution in [0.4, 0.5) is 11.4 Å². The Morgan fingerprint density at radius 3 is 2.92 bits per heavy atom. The fourth-order valence-corrected chi connectivity index (χ4v) is 2.66. The molecule has 5 nitrogen and oxygen atoms in total. The summed E-state index contributed by atoms with van der Waals surface area (Å²) in [6.07, 6.45) is 2.09. The zero-order valence-corrected chi connectivity index (χ0v) is 13.6. The van der Waals surface area contributed by atoms with Crippen LogP contribution in [0.2, 0.25) is 0 Å². The van der Waals surface area contributed by atoms with Crippen molar-refractivity contribution in [3.63, 3.8) is 0 Å². The van der Waals surface area contributed by atoms with Crippen molar-refractivity contribution in [2.45, 2.75) is 26.2 Å². The minimum Gasteiger partial charge on any atom is -0.484 e. The Morgan fingerprint density at radius 2 is 2.08 bits per heavy atom. The summed E-state index contributed by atoms with van der Waals surface area (Å²) in [6.45, 7) is 2.02. The van der Waals surface area contributed by atoms with E-state index in [4.69, 9.17) is 4.74 Å². The van der Waals surface area contributed by atoms with Crippen molar-refractivity contribution in [1.29, 1.82) is 0 Å². The van der Waals surface area contributed by atoms with Gasteiger partial charge in [0, 0.05) is 17.8 Å². The molecule has 0 saturated carbocycles. The summed E-state index contributed by atoms with van der Waals surface area (Å²) >= 11 is 0. The Morgan fingerprint density at radius 1 is 1.21 bits per heavy atom. The van der Waals surface area contributed by atoms with Crippen LogP contribution in [0.25, 0.3) is 0 Å². The van der Waals surface area contributed by atoms with Gasteiger partial charge in [0.2, 0.25) is 5.91 Å². The summed E-state index contributed by atoms with van der Waals surface area (Å²) in [6, 6.07) is 13.2. The molecule has 1 aliphatic heterocycles. The fourth-order valence-electron chi connectivity index (χ4n) is 2.66. The lowest BCUT2D eigenvalue weighted by Gasteiger charge is -2.17. The highest BCUT2D eigenvalue weighted by Gasteiger charge is 2.15. The van der Waals surface area contributed by atoms with E-state index < -0.39 is 0 Å². The molecule has 0 fully saturated rings. The van der Waals surface area contributed by atoms with E-state index in [2.05, 4.69) is 17.6 Å². The van der Waals surface area contributed by atoms with Gasteiger partial charge in [0.15, 0.2) is 6.61 Å². The number of aryl methyl sites for hydroxylation is 2. The van der Waals surface area contributed by atoms with E-state index in [1.54, 1.807) is 6.07 Å². The van der Waals surface area contributed by atoms with Crippen molar-refractivity contribution in [3.05, 3.63) is 53.6 Å². The summed E-state index contributed by atoms with van der Waals surface area (Å²) in [7, 11) is 0. The summed E-state index contributed by atoms with van der Waals surface area (Å²) in [5.74, 6) is 0.460. The summed E-state index contributed by atoms with van der Waals surface area (Å²) in [4.78, 5) is 23.4. The highest BCUT2D eigenvalue weighted by atomic mass is 16.5. The summed E-state index contributed by atoms with van der Waals surface area (Å²) in [5, 5.41) is 5.66. The molecule has 5 heteroatoms. The second-order valence-corrected chi connectivity index (χ2v) is 5.76. The molecule has 0 spiro atoms. The molecule has 0 bridgehead atoms. The molecule has 2 amide bonds. The van der Waals surface area contributed by atoms with E-state index in [-0.39, 0.29) is 18.4 Å². The molecule has 1 heterocycles. The first-order valence-corrected chi connectivity index (χ1v) is 8.08. The maximum atomic E-state index is 12.0. The lowest BCUT2D eigenvalue weighted by atomic mass is 10.0. The van der Waals surface area contributed by atoms with Gasteiger partial charge < -0.3 is 15.4 Å². The van der Waals surface area contributed by atoms with E-state index in [0.29, 0.717) is 18.6 Å². The van der Waals surface area contributed by atoms with Crippen molar-refractivity contribution in [1.82, 2.24) is 0 Å². The molecule has 0 saturated heterocycles. The minimum absolute atomic E-state index is 0.0323. The molecule has 2 aromatic carbocycles. The predicted octanol–water partition coefficient (Wildman–Crippen LogP) is 3.15. The highest BCUT2D eigenvalue weighted by Crippen LogP contribution is 2.26. The van der Waals surface area contributed by atoms with Crippen LogP contribution in [-0.2, 0) is 22.4 Å². The predicted molar refractivity (Wildman–Crippen MR) is 93.3 cm³/mol. The van der Waals surface area contributed by atoms with Gasteiger partial charge >= 0.3 is 0 Å². The number of fused-ring (bicyclic) bond motifs is 1.